The average molecular weight is 299 g/mol. The molecule has 0 aliphatic carbocycles. The molecular formula is C15H19ClO4. The van der Waals surface area contributed by atoms with Crippen LogP contribution in [0.15, 0.2) is 18.2 Å². The summed E-state index contributed by atoms with van der Waals surface area (Å²) in [5.74, 6) is -0.578. The zero-order valence-corrected chi connectivity index (χ0v) is 12.7. The smallest absolute Gasteiger partial charge is 0.340 e. The quantitative estimate of drug-likeness (QED) is 0.792. The maximum Gasteiger partial charge on any atom is 0.340 e. The molecule has 0 N–H and O–H groups in total. The highest BCUT2D eigenvalue weighted by atomic mass is 35.5. The van der Waals surface area contributed by atoms with Crippen molar-refractivity contribution < 1.29 is 19.0 Å². The van der Waals surface area contributed by atoms with Gasteiger partial charge in [-0.2, -0.15) is 0 Å². The van der Waals surface area contributed by atoms with E-state index in [9.17, 15) is 4.79 Å². The molecule has 1 aliphatic heterocycles. The fraction of sp³-hybridized carbons (Fsp3) is 0.533. The van der Waals surface area contributed by atoms with Gasteiger partial charge < -0.3 is 14.2 Å². The number of carbonyl (C=O) groups is 1. The maximum atomic E-state index is 12.1. The Morgan fingerprint density at radius 2 is 2.05 bits per heavy atom. The van der Waals surface area contributed by atoms with Gasteiger partial charge >= 0.3 is 5.97 Å². The van der Waals surface area contributed by atoms with Crippen molar-refractivity contribution in [2.24, 2.45) is 0 Å². The number of halogens is 1. The Morgan fingerprint density at radius 1 is 1.35 bits per heavy atom. The molecule has 2 rings (SSSR count). The van der Waals surface area contributed by atoms with E-state index in [2.05, 4.69) is 0 Å². The van der Waals surface area contributed by atoms with Crippen LogP contribution >= 0.6 is 11.6 Å². The first-order chi connectivity index (χ1) is 9.55. The predicted octanol–water partition coefficient (Wildman–Crippen LogP) is 3.87. The van der Waals surface area contributed by atoms with E-state index in [0.717, 1.165) is 0 Å². The minimum Gasteiger partial charge on any atom is -0.464 e. The molecule has 0 bridgehead atoms. The SMILES string of the molecule is CCOC(=O)C1OC(CC)(CC)Oc2ccc(Cl)cc21. The molecule has 5 heteroatoms. The summed E-state index contributed by atoms with van der Waals surface area (Å²) in [7, 11) is 0. The fourth-order valence-corrected chi connectivity index (χ4v) is 2.45. The minimum atomic E-state index is -0.794. The topological polar surface area (TPSA) is 44.8 Å². The number of esters is 1. The lowest BCUT2D eigenvalue weighted by Gasteiger charge is -2.40. The van der Waals surface area contributed by atoms with E-state index in [0.29, 0.717) is 35.8 Å². The number of carbonyl (C=O) groups excluding carboxylic acids is 1. The first kappa shape index (κ1) is 15.1. The van der Waals surface area contributed by atoms with Crippen molar-refractivity contribution in [3.63, 3.8) is 0 Å². The van der Waals surface area contributed by atoms with Crippen molar-refractivity contribution in [1.82, 2.24) is 0 Å². The number of hydrogen-bond acceptors (Lipinski definition) is 4. The Morgan fingerprint density at radius 3 is 2.65 bits per heavy atom. The van der Waals surface area contributed by atoms with Gasteiger partial charge in [0.15, 0.2) is 6.10 Å². The van der Waals surface area contributed by atoms with Gasteiger partial charge in [-0.25, -0.2) is 4.79 Å². The summed E-state index contributed by atoms with van der Waals surface area (Å²) in [5, 5.41) is 0.533. The standard InChI is InChI=1S/C15H19ClO4/c1-4-15(5-2)19-12-8-7-10(16)9-11(12)13(20-15)14(17)18-6-3/h7-9,13H,4-6H2,1-3H3. The lowest BCUT2D eigenvalue weighted by molar-refractivity contribution is -0.239. The summed E-state index contributed by atoms with van der Waals surface area (Å²) in [6.45, 7) is 6.00. The van der Waals surface area contributed by atoms with Gasteiger partial charge in [-0.3, -0.25) is 0 Å². The second kappa shape index (κ2) is 6.02. The summed E-state index contributed by atoms with van der Waals surface area (Å²) in [6, 6.07) is 5.20. The van der Waals surface area contributed by atoms with Gasteiger partial charge in [-0.15, -0.1) is 0 Å². The first-order valence-electron chi connectivity index (χ1n) is 6.88. The van der Waals surface area contributed by atoms with E-state index in [4.69, 9.17) is 25.8 Å². The molecule has 1 aromatic rings. The van der Waals surface area contributed by atoms with Crippen LogP contribution in [-0.2, 0) is 14.3 Å². The van der Waals surface area contributed by atoms with Crippen molar-refractivity contribution in [1.29, 1.82) is 0 Å². The number of hydrogen-bond donors (Lipinski definition) is 0. The van der Waals surface area contributed by atoms with E-state index in [1.54, 1.807) is 25.1 Å². The van der Waals surface area contributed by atoms with Gasteiger partial charge in [0.05, 0.1) is 6.61 Å². The molecule has 4 nitrogen and oxygen atoms in total. The first-order valence-corrected chi connectivity index (χ1v) is 7.26. The lowest BCUT2D eigenvalue weighted by Crippen LogP contribution is -2.44. The maximum absolute atomic E-state index is 12.1. The van der Waals surface area contributed by atoms with E-state index in [1.807, 2.05) is 13.8 Å². The Labute approximate surface area is 124 Å². The molecule has 0 fully saturated rings. The van der Waals surface area contributed by atoms with Gasteiger partial charge in [0.25, 0.3) is 0 Å². The predicted molar refractivity (Wildman–Crippen MR) is 75.9 cm³/mol. The molecular weight excluding hydrogens is 280 g/mol. The van der Waals surface area contributed by atoms with Gasteiger partial charge in [0, 0.05) is 23.4 Å². The third-order valence-corrected chi connectivity index (χ3v) is 3.70. The second-order valence-corrected chi connectivity index (χ2v) is 5.09. The van der Waals surface area contributed by atoms with Crippen molar-refractivity contribution >= 4 is 17.6 Å². The summed E-state index contributed by atoms with van der Waals surface area (Å²) < 4.78 is 17.0. The molecule has 0 saturated heterocycles. The van der Waals surface area contributed by atoms with Gasteiger partial charge in [0.1, 0.15) is 5.75 Å². The van der Waals surface area contributed by atoms with E-state index in [1.165, 1.54) is 0 Å². The average Bonchev–Trinajstić information content (AvgIpc) is 2.46. The van der Waals surface area contributed by atoms with E-state index >= 15 is 0 Å². The zero-order valence-electron chi connectivity index (χ0n) is 11.9. The lowest BCUT2D eigenvalue weighted by atomic mass is 10.0. The number of fused-ring (bicyclic) bond motifs is 1. The third kappa shape index (κ3) is 2.76. The molecule has 1 aromatic carbocycles. The molecule has 1 unspecified atom stereocenters. The van der Waals surface area contributed by atoms with Crippen molar-refractivity contribution in [3.8, 4) is 5.75 Å². The number of benzene rings is 1. The normalized spacial score (nSPS) is 19.9. The Balaban J connectivity index is 2.44. The van der Waals surface area contributed by atoms with Crippen molar-refractivity contribution in [3.05, 3.63) is 28.8 Å². The molecule has 0 aromatic heterocycles. The second-order valence-electron chi connectivity index (χ2n) is 4.65. The van der Waals surface area contributed by atoms with E-state index in [-0.39, 0.29) is 0 Å². The number of rotatable bonds is 4. The van der Waals surface area contributed by atoms with Crippen molar-refractivity contribution in [2.75, 3.05) is 6.61 Å². The number of ether oxygens (including phenoxy) is 3. The summed E-state index contributed by atoms with van der Waals surface area (Å²) >= 11 is 6.00. The molecule has 110 valence electrons. The van der Waals surface area contributed by atoms with Crippen LogP contribution < -0.4 is 4.74 Å². The van der Waals surface area contributed by atoms with Gasteiger partial charge in [-0.1, -0.05) is 25.4 Å². The highest BCUT2D eigenvalue weighted by Gasteiger charge is 2.43. The van der Waals surface area contributed by atoms with Crippen LogP contribution in [0.5, 0.6) is 5.75 Å². The van der Waals surface area contributed by atoms with Crippen LogP contribution in [0.3, 0.4) is 0 Å². The van der Waals surface area contributed by atoms with Crippen LogP contribution in [0.1, 0.15) is 45.3 Å². The third-order valence-electron chi connectivity index (χ3n) is 3.46. The largest absolute Gasteiger partial charge is 0.464 e. The zero-order chi connectivity index (χ0) is 14.8. The molecule has 0 radical (unpaired) electrons. The van der Waals surface area contributed by atoms with Crippen LogP contribution in [-0.4, -0.2) is 18.4 Å². The molecule has 0 amide bonds. The van der Waals surface area contributed by atoms with Crippen LogP contribution in [0.25, 0.3) is 0 Å². The van der Waals surface area contributed by atoms with Crippen LogP contribution in [0, 0.1) is 0 Å². The van der Waals surface area contributed by atoms with Crippen LogP contribution in [0.4, 0.5) is 0 Å². The van der Waals surface area contributed by atoms with Crippen molar-refractivity contribution in [2.45, 2.75) is 45.5 Å². The molecule has 0 spiro atoms. The monoisotopic (exact) mass is 298 g/mol. The Bertz CT molecular complexity index is 497. The molecule has 20 heavy (non-hydrogen) atoms. The summed E-state index contributed by atoms with van der Waals surface area (Å²) in [6.07, 6.45) is 0.487. The summed E-state index contributed by atoms with van der Waals surface area (Å²) in [4.78, 5) is 12.1. The van der Waals surface area contributed by atoms with Crippen LogP contribution in [0.2, 0.25) is 5.02 Å². The fourth-order valence-electron chi connectivity index (χ4n) is 2.27. The molecule has 1 atom stereocenters. The molecule has 0 saturated carbocycles. The highest BCUT2D eigenvalue weighted by molar-refractivity contribution is 6.30. The highest BCUT2D eigenvalue weighted by Crippen LogP contribution is 2.43. The minimum absolute atomic E-state index is 0.306. The van der Waals surface area contributed by atoms with Gasteiger partial charge in [0.2, 0.25) is 5.79 Å². The molecule has 1 heterocycles. The summed E-state index contributed by atoms with van der Waals surface area (Å²) in [5.41, 5.74) is 0.619. The van der Waals surface area contributed by atoms with E-state index < -0.39 is 17.9 Å². The van der Waals surface area contributed by atoms with Gasteiger partial charge in [-0.05, 0) is 25.1 Å². The molecule has 1 aliphatic rings. The Kier molecular flexibility index (Phi) is 4.55. The Hall–Kier alpha value is -1.26.